The molecule has 0 spiro atoms. The number of rotatable bonds is 4. The molecule has 3 rings (SSSR count). The molecule has 0 bridgehead atoms. The summed E-state index contributed by atoms with van der Waals surface area (Å²) in [5.41, 5.74) is 0.109. The van der Waals surface area contributed by atoms with Crippen LogP contribution in [0.1, 0.15) is 5.76 Å². The van der Waals surface area contributed by atoms with Crippen LogP contribution in [0.15, 0.2) is 51.0 Å². The van der Waals surface area contributed by atoms with Crippen LogP contribution in [-0.2, 0) is 5.75 Å². The second kappa shape index (κ2) is 6.13. The van der Waals surface area contributed by atoms with E-state index >= 15 is 0 Å². The summed E-state index contributed by atoms with van der Waals surface area (Å²) < 4.78 is 19.3. The minimum absolute atomic E-state index is 0.286. The van der Waals surface area contributed by atoms with Gasteiger partial charge in [0.15, 0.2) is 11.6 Å². The summed E-state index contributed by atoms with van der Waals surface area (Å²) in [6.45, 7) is 0. The highest BCUT2D eigenvalue weighted by molar-refractivity contribution is 7.98. The summed E-state index contributed by atoms with van der Waals surface area (Å²) in [7, 11) is 0. The third-order valence-corrected chi connectivity index (χ3v) is 3.94. The van der Waals surface area contributed by atoms with Crippen LogP contribution < -0.4 is 11.3 Å². The van der Waals surface area contributed by atoms with Gasteiger partial charge in [-0.15, -0.1) is 10.2 Å². The van der Waals surface area contributed by atoms with Gasteiger partial charge in [0, 0.05) is 11.6 Å². The van der Waals surface area contributed by atoms with Gasteiger partial charge in [-0.1, -0.05) is 11.8 Å². The van der Waals surface area contributed by atoms with Gasteiger partial charge < -0.3 is 15.4 Å². The lowest BCUT2D eigenvalue weighted by atomic mass is 10.2. The van der Waals surface area contributed by atoms with Crippen molar-refractivity contribution in [2.75, 3.05) is 5.84 Å². The average molecular weight is 334 g/mol. The SMILES string of the molecule is Nn1c(SCc2cc(=O)c(O)co2)nnc1-c1ccc(F)cc1. The van der Waals surface area contributed by atoms with E-state index in [-0.39, 0.29) is 11.6 Å². The highest BCUT2D eigenvalue weighted by Gasteiger charge is 2.13. The van der Waals surface area contributed by atoms with E-state index in [1.54, 1.807) is 12.1 Å². The predicted molar refractivity (Wildman–Crippen MR) is 81.8 cm³/mol. The summed E-state index contributed by atoms with van der Waals surface area (Å²) in [6, 6.07) is 6.91. The van der Waals surface area contributed by atoms with Gasteiger partial charge in [0.2, 0.25) is 10.6 Å². The van der Waals surface area contributed by atoms with Crippen molar-refractivity contribution >= 4 is 11.8 Å². The van der Waals surface area contributed by atoms with Gasteiger partial charge in [-0.05, 0) is 24.3 Å². The highest BCUT2D eigenvalue weighted by atomic mass is 32.2. The third-order valence-electron chi connectivity index (χ3n) is 2.98. The predicted octanol–water partition coefficient (Wildman–Crippen LogP) is 1.75. The van der Waals surface area contributed by atoms with Crippen LogP contribution in [-0.4, -0.2) is 20.0 Å². The van der Waals surface area contributed by atoms with Gasteiger partial charge in [-0.3, -0.25) is 4.79 Å². The van der Waals surface area contributed by atoms with Gasteiger partial charge in [-0.25, -0.2) is 9.07 Å². The quantitative estimate of drug-likeness (QED) is 0.553. The first-order valence-corrected chi connectivity index (χ1v) is 7.43. The summed E-state index contributed by atoms with van der Waals surface area (Å²) >= 11 is 1.21. The third kappa shape index (κ3) is 3.19. The summed E-state index contributed by atoms with van der Waals surface area (Å²) in [6.07, 6.45) is 0.981. The number of aromatic hydroxyl groups is 1. The fourth-order valence-corrected chi connectivity index (χ4v) is 2.57. The molecule has 118 valence electrons. The number of hydrogen-bond donors (Lipinski definition) is 2. The fraction of sp³-hybridized carbons (Fsp3) is 0.0714. The number of halogens is 1. The molecular formula is C14H11FN4O3S. The molecule has 0 saturated heterocycles. The Labute approximate surface area is 133 Å². The first-order chi connectivity index (χ1) is 11.0. The van der Waals surface area contributed by atoms with E-state index < -0.39 is 11.2 Å². The number of hydrogen-bond acceptors (Lipinski definition) is 7. The van der Waals surface area contributed by atoms with Crippen LogP contribution in [0.25, 0.3) is 11.4 Å². The molecule has 7 nitrogen and oxygen atoms in total. The van der Waals surface area contributed by atoms with Crippen LogP contribution >= 0.6 is 11.8 Å². The number of nitrogens with zero attached hydrogens (tertiary/aromatic N) is 3. The van der Waals surface area contributed by atoms with Crippen LogP contribution in [0, 0.1) is 5.82 Å². The Morgan fingerprint density at radius 2 is 2.04 bits per heavy atom. The lowest BCUT2D eigenvalue weighted by Gasteiger charge is -2.03. The Kier molecular flexibility index (Phi) is 4.02. The topological polar surface area (TPSA) is 107 Å². The molecule has 0 amide bonds. The van der Waals surface area contributed by atoms with Crippen LogP contribution in [0.4, 0.5) is 4.39 Å². The van der Waals surface area contributed by atoms with E-state index in [4.69, 9.17) is 15.4 Å². The molecule has 9 heteroatoms. The molecule has 0 unspecified atom stereocenters. The second-order valence-corrected chi connectivity index (χ2v) is 5.51. The first-order valence-electron chi connectivity index (χ1n) is 6.44. The molecule has 3 N–H and O–H groups in total. The number of thioether (sulfide) groups is 1. The molecule has 0 fully saturated rings. The van der Waals surface area contributed by atoms with Crippen molar-refractivity contribution in [2.45, 2.75) is 10.9 Å². The van der Waals surface area contributed by atoms with Crippen molar-refractivity contribution in [3.63, 3.8) is 0 Å². The monoisotopic (exact) mass is 334 g/mol. The standard InChI is InChI=1S/C14H11FN4O3S/c15-9-3-1-8(2-4-9)13-17-18-14(19(13)16)23-7-10-5-11(20)12(21)6-22-10/h1-6,21H,7,16H2. The summed E-state index contributed by atoms with van der Waals surface area (Å²) in [4.78, 5) is 11.3. The minimum Gasteiger partial charge on any atom is -0.502 e. The molecule has 23 heavy (non-hydrogen) atoms. The van der Waals surface area contributed by atoms with Gasteiger partial charge in [0.05, 0.1) is 5.75 Å². The Bertz CT molecular complexity index is 892. The molecule has 0 atom stereocenters. The van der Waals surface area contributed by atoms with Gasteiger partial charge in [0.25, 0.3) is 0 Å². The summed E-state index contributed by atoms with van der Waals surface area (Å²) in [5.74, 6) is 6.18. The molecule has 0 radical (unpaired) electrons. The number of nitrogens with two attached hydrogens (primary N) is 1. The zero-order valence-electron chi connectivity index (χ0n) is 11.6. The molecule has 2 heterocycles. The van der Waals surface area contributed by atoms with Crippen LogP contribution in [0.3, 0.4) is 0 Å². The number of benzene rings is 1. The maximum atomic E-state index is 12.9. The van der Waals surface area contributed by atoms with Gasteiger partial charge in [0.1, 0.15) is 17.8 Å². The van der Waals surface area contributed by atoms with Crippen molar-refractivity contribution in [1.29, 1.82) is 0 Å². The normalized spacial score (nSPS) is 10.8. The van der Waals surface area contributed by atoms with E-state index in [2.05, 4.69) is 10.2 Å². The van der Waals surface area contributed by atoms with Crippen molar-refractivity contribution < 1.29 is 13.9 Å². The Balaban J connectivity index is 1.78. The van der Waals surface area contributed by atoms with Gasteiger partial charge in [-0.2, -0.15) is 0 Å². The van der Waals surface area contributed by atoms with Crippen molar-refractivity contribution in [2.24, 2.45) is 0 Å². The Morgan fingerprint density at radius 1 is 1.30 bits per heavy atom. The first kappa shape index (κ1) is 15.1. The second-order valence-electron chi connectivity index (χ2n) is 4.57. The van der Waals surface area contributed by atoms with E-state index in [1.807, 2.05) is 0 Å². The van der Waals surface area contributed by atoms with E-state index in [1.165, 1.54) is 34.6 Å². The molecule has 0 aliphatic heterocycles. The zero-order valence-corrected chi connectivity index (χ0v) is 12.5. The smallest absolute Gasteiger partial charge is 0.226 e. The van der Waals surface area contributed by atoms with Crippen molar-refractivity contribution in [3.05, 3.63) is 58.4 Å². The van der Waals surface area contributed by atoms with Gasteiger partial charge >= 0.3 is 0 Å². The molecule has 2 aromatic heterocycles. The highest BCUT2D eigenvalue weighted by Crippen LogP contribution is 2.24. The molecule has 3 aromatic rings. The Morgan fingerprint density at radius 3 is 2.74 bits per heavy atom. The average Bonchev–Trinajstić information content (AvgIpc) is 2.90. The molecular weight excluding hydrogens is 323 g/mol. The van der Waals surface area contributed by atoms with E-state index in [9.17, 15) is 9.18 Å². The lowest BCUT2D eigenvalue weighted by Crippen LogP contribution is -2.11. The van der Waals surface area contributed by atoms with E-state index in [0.29, 0.717) is 22.3 Å². The molecule has 0 saturated carbocycles. The number of nitrogen functional groups attached to an aromatic ring is 1. The summed E-state index contributed by atoms with van der Waals surface area (Å²) in [5, 5.41) is 17.5. The number of aromatic nitrogens is 3. The molecule has 0 aliphatic rings. The Hall–Kier alpha value is -2.81. The van der Waals surface area contributed by atoms with Crippen LogP contribution in [0.2, 0.25) is 0 Å². The lowest BCUT2D eigenvalue weighted by molar-refractivity contribution is 0.419. The maximum Gasteiger partial charge on any atom is 0.226 e. The zero-order chi connectivity index (χ0) is 16.4. The minimum atomic E-state index is -0.520. The van der Waals surface area contributed by atoms with Crippen molar-refractivity contribution in [1.82, 2.24) is 14.9 Å². The fourth-order valence-electron chi connectivity index (χ4n) is 1.83. The van der Waals surface area contributed by atoms with Crippen molar-refractivity contribution in [3.8, 4) is 17.1 Å². The van der Waals surface area contributed by atoms with Crippen LogP contribution in [0.5, 0.6) is 5.75 Å². The largest absolute Gasteiger partial charge is 0.502 e. The van der Waals surface area contributed by atoms with E-state index in [0.717, 1.165) is 6.26 Å². The maximum absolute atomic E-state index is 12.9. The molecule has 0 aliphatic carbocycles. The molecule has 1 aromatic carbocycles.